The van der Waals surface area contributed by atoms with Crippen molar-refractivity contribution in [2.45, 2.75) is 30.5 Å². The number of aliphatic carboxylic acids is 1. The van der Waals surface area contributed by atoms with Gasteiger partial charge in [0.1, 0.15) is 4.21 Å². The summed E-state index contributed by atoms with van der Waals surface area (Å²) in [5, 5.41) is 9.02. The minimum Gasteiger partial charge on any atom is -0.481 e. The Balaban J connectivity index is 2.34. The van der Waals surface area contributed by atoms with Crippen molar-refractivity contribution < 1.29 is 18.3 Å². The molecule has 2 aromatic heterocycles. The van der Waals surface area contributed by atoms with E-state index in [2.05, 4.69) is 9.71 Å². The van der Waals surface area contributed by atoms with Crippen LogP contribution in [0.2, 0.25) is 0 Å². The monoisotopic (exact) mass is 340 g/mol. The second-order valence-electron chi connectivity index (χ2n) is 4.89. The van der Waals surface area contributed by atoms with E-state index in [1.807, 2.05) is 6.92 Å². The summed E-state index contributed by atoms with van der Waals surface area (Å²) in [5.41, 5.74) is 1.16. The topological polar surface area (TPSA) is 96.4 Å². The van der Waals surface area contributed by atoms with Crippen molar-refractivity contribution in [3.63, 3.8) is 0 Å². The fraction of sp³-hybridized carbons (Fsp3) is 0.286. The van der Waals surface area contributed by atoms with Crippen LogP contribution < -0.4 is 4.72 Å². The zero-order chi connectivity index (χ0) is 16.3. The van der Waals surface area contributed by atoms with E-state index in [-0.39, 0.29) is 10.6 Å². The van der Waals surface area contributed by atoms with E-state index in [4.69, 9.17) is 5.11 Å². The van der Waals surface area contributed by atoms with Crippen LogP contribution in [0.4, 0.5) is 0 Å². The Labute approximate surface area is 132 Å². The molecule has 8 heteroatoms. The quantitative estimate of drug-likeness (QED) is 0.841. The molecular formula is C14H16N2O4S2. The number of thiophene rings is 1. The summed E-state index contributed by atoms with van der Waals surface area (Å²) in [6.07, 6.45) is 2.65. The molecule has 6 nitrogen and oxygen atoms in total. The molecule has 0 aliphatic heterocycles. The van der Waals surface area contributed by atoms with Crippen LogP contribution in [0.15, 0.2) is 34.8 Å². The Hall–Kier alpha value is -1.77. The minimum absolute atomic E-state index is 0.212. The van der Waals surface area contributed by atoms with Gasteiger partial charge in [-0.1, -0.05) is 6.07 Å². The van der Waals surface area contributed by atoms with Gasteiger partial charge in [-0.05, 0) is 37.1 Å². The van der Waals surface area contributed by atoms with Gasteiger partial charge < -0.3 is 5.11 Å². The molecule has 0 radical (unpaired) electrons. The normalized spacial score (nSPS) is 13.0. The van der Waals surface area contributed by atoms with Gasteiger partial charge in [0, 0.05) is 17.3 Å². The van der Waals surface area contributed by atoms with E-state index >= 15 is 0 Å². The molecule has 22 heavy (non-hydrogen) atoms. The molecule has 0 aliphatic carbocycles. The highest BCUT2D eigenvalue weighted by molar-refractivity contribution is 7.91. The molecule has 0 bridgehead atoms. The number of nitrogens with zero attached hydrogens (tertiary/aromatic N) is 1. The standard InChI is InChI=1S/C14H16N2O4S2/c1-9-6-10(2)21-14(9)22(19,20)16-12(7-13(17)18)11-4-3-5-15-8-11/h3-6,8,12,16H,7H2,1-2H3,(H,17,18)/t12-/m1/s1. The van der Waals surface area contributed by atoms with Gasteiger partial charge in [-0.15, -0.1) is 11.3 Å². The highest BCUT2D eigenvalue weighted by Crippen LogP contribution is 2.28. The molecule has 1 atom stereocenters. The van der Waals surface area contributed by atoms with Crippen LogP contribution >= 0.6 is 11.3 Å². The lowest BCUT2D eigenvalue weighted by Crippen LogP contribution is -2.30. The van der Waals surface area contributed by atoms with Gasteiger partial charge >= 0.3 is 5.97 Å². The number of aryl methyl sites for hydroxylation is 2. The van der Waals surface area contributed by atoms with Crippen LogP contribution in [0.1, 0.15) is 28.5 Å². The smallest absolute Gasteiger partial charge is 0.305 e. The summed E-state index contributed by atoms with van der Waals surface area (Å²) >= 11 is 1.16. The Morgan fingerprint density at radius 2 is 2.18 bits per heavy atom. The average Bonchev–Trinajstić information content (AvgIpc) is 2.78. The van der Waals surface area contributed by atoms with Crippen molar-refractivity contribution in [2.24, 2.45) is 0 Å². The zero-order valence-electron chi connectivity index (χ0n) is 12.1. The van der Waals surface area contributed by atoms with E-state index in [9.17, 15) is 13.2 Å². The van der Waals surface area contributed by atoms with Crippen LogP contribution in [-0.2, 0) is 14.8 Å². The van der Waals surface area contributed by atoms with E-state index in [1.165, 1.54) is 6.20 Å². The first kappa shape index (κ1) is 16.6. The third kappa shape index (κ3) is 3.90. The Morgan fingerprint density at radius 3 is 2.68 bits per heavy atom. The first-order valence-electron chi connectivity index (χ1n) is 6.50. The second-order valence-corrected chi connectivity index (χ2v) is 8.05. The first-order chi connectivity index (χ1) is 10.3. The SMILES string of the molecule is Cc1cc(C)c(S(=O)(=O)N[C@H](CC(=O)O)c2cccnc2)s1. The van der Waals surface area contributed by atoms with Gasteiger partial charge in [0.15, 0.2) is 0 Å². The lowest BCUT2D eigenvalue weighted by atomic mass is 10.1. The summed E-state index contributed by atoms with van der Waals surface area (Å²) in [6.45, 7) is 3.54. The molecule has 0 unspecified atom stereocenters. The second kappa shape index (κ2) is 6.55. The number of aromatic nitrogens is 1. The molecular weight excluding hydrogens is 324 g/mol. The number of hydrogen-bond acceptors (Lipinski definition) is 5. The molecule has 0 spiro atoms. The van der Waals surface area contributed by atoms with E-state index in [0.717, 1.165) is 16.2 Å². The average molecular weight is 340 g/mol. The van der Waals surface area contributed by atoms with Crippen LogP contribution in [0.3, 0.4) is 0 Å². The van der Waals surface area contributed by atoms with Gasteiger partial charge in [0.25, 0.3) is 10.0 Å². The predicted octanol–water partition coefficient (Wildman–Crippen LogP) is 2.25. The molecule has 0 fully saturated rings. The Kier molecular flexibility index (Phi) is 4.94. The van der Waals surface area contributed by atoms with E-state index in [0.29, 0.717) is 11.1 Å². The van der Waals surface area contributed by atoms with E-state index < -0.39 is 22.0 Å². The summed E-state index contributed by atoms with van der Waals surface area (Å²) in [4.78, 5) is 15.8. The van der Waals surface area contributed by atoms with Crippen LogP contribution in [0, 0.1) is 13.8 Å². The molecule has 118 valence electrons. The summed E-state index contributed by atoms with van der Waals surface area (Å²) < 4.78 is 27.7. The molecule has 2 aromatic rings. The van der Waals surface area contributed by atoms with Gasteiger partial charge in [-0.2, -0.15) is 0 Å². The maximum atomic E-state index is 12.5. The van der Waals surface area contributed by atoms with Crippen molar-refractivity contribution in [1.29, 1.82) is 0 Å². The highest BCUT2D eigenvalue weighted by Gasteiger charge is 2.26. The number of carboxylic acid groups (broad SMARTS) is 1. The van der Waals surface area contributed by atoms with Crippen LogP contribution in [-0.4, -0.2) is 24.5 Å². The van der Waals surface area contributed by atoms with E-state index in [1.54, 1.807) is 31.3 Å². The molecule has 0 amide bonds. The van der Waals surface area contributed by atoms with Crippen molar-refractivity contribution in [3.05, 3.63) is 46.6 Å². The molecule has 2 N–H and O–H groups in total. The fourth-order valence-electron chi connectivity index (χ4n) is 2.11. The predicted molar refractivity (Wildman–Crippen MR) is 83.3 cm³/mol. The van der Waals surface area contributed by atoms with Gasteiger partial charge in [0.05, 0.1) is 12.5 Å². The Bertz CT molecular complexity index is 769. The van der Waals surface area contributed by atoms with Gasteiger partial charge in [-0.25, -0.2) is 13.1 Å². The Morgan fingerprint density at radius 1 is 1.45 bits per heavy atom. The minimum atomic E-state index is -3.79. The molecule has 2 heterocycles. The summed E-state index contributed by atoms with van der Waals surface area (Å²) in [5.74, 6) is -1.09. The number of sulfonamides is 1. The molecule has 0 aliphatic rings. The number of nitrogens with one attached hydrogen (secondary N) is 1. The molecule has 2 rings (SSSR count). The number of carboxylic acids is 1. The zero-order valence-corrected chi connectivity index (χ0v) is 13.7. The highest BCUT2D eigenvalue weighted by atomic mass is 32.2. The van der Waals surface area contributed by atoms with Gasteiger partial charge in [0.2, 0.25) is 0 Å². The van der Waals surface area contributed by atoms with Crippen molar-refractivity contribution in [1.82, 2.24) is 9.71 Å². The lowest BCUT2D eigenvalue weighted by molar-refractivity contribution is -0.137. The molecule has 0 saturated carbocycles. The number of hydrogen-bond donors (Lipinski definition) is 2. The van der Waals surface area contributed by atoms with Crippen LogP contribution in [0.5, 0.6) is 0 Å². The largest absolute Gasteiger partial charge is 0.481 e. The van der Waals surface area contributed by atoms with Gasteiger partial charge in [-0.3, -0.25) is 9.78 Å². The number of pyridine rings is 1. The van der Waals surface area contributed by atoms with Crippen molar-refractivity contribution in [3.8, 4) is 0 Å². The molecule has 0 aromatic carbocycles. The van der Waals surface area contributed by atoms with Crippen molar-refractivity contribution in [2.75, 3.05) is 0 Å². The molecule has 0 saturated heterocycles. The first-order valence-corrected chi connectivity index (χ1v) is 8.80. The number of carbonyl (C=O) groups is 1. The summed E-state index contributed by atoms with van der Waals surface area (Å²) in [6, 6.07) is 4.21. The third-order valence-electron chi connectivity index (χ3n) is 3.00. The lowest BCUT2D eigenvalue weighted by Gasteiger charge is -2.16. The third-order valence-corrected chi connectivity index (χ3v) is 6.26. The fourth-order valence-corrected chi connectivity index (χ4v) is 5.02. The maximum Gasteiger partial charge on any atom is 0.305 e. The maximum absolute atomic E-state index is 12.5. The number of rotatable bonds is 6. The summed E-state index contributed by atoms with van der Waals surface area (Å²) in [7, 11) is -3.79. The van der Waals surface area contributed by atoms with Crippen LogP contribution in [0.25, 0.3) is 0 Å². The van der Waals surface area contributed by atoms with Crippen molar-refractivity contribution >= 4 is 27.3 Å².